The van der Waals surface area contributed by atoms with Crippen LogP contribution in [0, 0.1) is 18.7 Å². The summed E-state index contributed by atoms with van der Waals surface area (Å²) in [5.74, 6) is 2.04. The molecule has 8 nitrogen and oxygen atoms in total. The van der Waals surface area contributed by atoms with Crippen molar-refractivity contribution < 1.29 is 13.6 Å². The number of hydrogen-bond donors (Lipinski definition) is 1. The van der Waals surface area contributed by atoms with E-state index in [-0.39, 0.29) is 12.1 Å². The first kappa shape index (κ1) is 20.3. The topological polar surface area (TPSA) is 97.0 Å². The molecule has 33 heavy (non-hydrogen) atoms. The number of hydrogen-bond acceptors (Lipinski definition) is 6. The van der Waals surface area contributed by atoms with Gasteiger partial charge in [0.05, 0.1) is 12.4 Å². The molecule has 0 spiro atoms. The van der Waals surface area contributed by atoms with Gasteiger partial charge in [0.1, 0.15) is 5.54 Å². The molecule has 4 heterocycles. The molecule has 3 aromatic rings. The van der Waals surface area contributed by atoms with Gasteiger partial charge >= 0.3 is 6.03 Å². The highest BCUT2D eigenvalue weighted by Gasteiger charge is 2.62. The van der Waals surface area contributed by atoms with E-state index in [0.29, 0.717) is 35.1 Å². The number of aromatic nitrogens is 4. The second-order valence-electron chi connectivity index (χ2n) is 9.71. The van der Waals surface area contributed by atoms with Crippen LogP contribution in [0.2, 0.25) is 0 Å². The number of aryl methyl sites for hydroxylation is 1. The third-order valence-electron chi connectivity index (χ3n) is 7.09. The van der Waals surface area contributed by atoms with Crippen LogP contribution >= 0.6 is 0 Å². The Hall–Kier alpha value is -3.36. The van der Waals surface area contributed by atoms with E-state index in [0.717, 1.165) is 55.6 Å². The molecule has 1 aliphatic carbocycles. The van der Waals surface area contributed by atoms with Crippen LogP contribution in [0.5, 0.6) is 0 Å². The summed E-state index contributed by atoms with van der Waals surface area (Å²) in [4.78, 5) is 23.5. The zero-order chi connectivity index (χ0) is 22.7. The van der Waals surface area contributed by atoms with Gasteiger partial charge in [0.2, 0.25) is 11.8 Å². The lowest BCUT2D eigenvalue weighted by Gasteiger charge is -2.61. The number of carbonyl (C=O) groups is 1. The zero-order valence-corrected chi connectivity index (χ0v) is 18.6. The molecule has 170 valence electrons. The number of urea groups is 1. The summed E-state index contributed by atoms with van der Waals surface area (Å²) in [6, 6.07) is 5.54. The predicted molar refractivity (Wildman–Crippen MR) is 118 cm³/mol. The summed E-state index contributed by atoms with van der Waals surface area (Å²) in [7, 11) is 0. The molecule has 3 atom stereocenters. The van der Waals surface area contributed by atoms with Gasteiger partial charge in [-0.1, -0.05) is 13.0 Å². The second-order valence-corrected chi connectivity index (χ2v) is 9.71. The third-order valence-corrected chi connectivity index (χ3v) is 7.09. The highest BCUT2D eigenvalue weighted by atomic mass is 19.1. The highest BCUT2D eigenvalue weighted by Crippen LogP contribution is 2.56. The zero-order valence-electron chi connectivity index (χ0n) is 18.6. The lowest BCUT2D eigenvalue weighted by Crippen LogP contribution is -2.70. The Morgan fingerprint density at radius 2 is 2.00 bits per heavy atom. The van der Waals surface area contributed by atoms with Crippen molar-refractivity contribution in [2.24, 2.45) is 5.92 Å². The van der Waals surface area contributed by atoms with Gasteiger partial charge < -0.3 is 14.6 Å². The standard InChI is InChI=1S/C24H25FN6O2/c1-13-7-18-10-24(9-13,22-30-29-21(33-22)15-4-5-15)31(18)23(32)28-17-6-3-14(2)19(8-17)20-26-11-16(25)12-27-20/h3,6,8,11-13,15,18H,4-5,7,9-10H2,1-2H3,(H,28,32)/t13-,18-,24+/m0/s1. The number of amides is 2. The van der Waals surface area contributed by atoms with E-state index in [1.54, 1.807) is 0 Å². The summed E-state index contributed by atoms with van der Waals surface area (Å²) < 4.78 is 19.3. The maximum atomic E-state index is 13.5. The second kappa shape index (κ2) is 7.33. The van der Waals surface area contributed by atoms with Gasteiger partial charge in [-0.2, -0.15) is 0 Å². The number of halogens is 1. The number of nitrogens with zero attached hydrogens (tertiary/aromatic N) is 5. The molecule has 9 heteroatoms. The Kier molecular flexibility index (Phi) is 4.50. The van der Waals surface area contributed by atoms with Crippen LogP contribution in [0.3, 0.4) is 0 Å². The van der Waals surface area contributed by atoms with Crippen molar-refractivity contribution in [3.05, 3.63) is 53.8 Å². The average molecular weight is 449 g/mol. The quantitative estimate of drug-likeness (QED) is 0.617. The predicted octanol–water partition coefficient (Wildman–Crippen LogP) is 4.78. The van der Waals surface area contributed by atoms with E-state index in [9.17, 15) is 9.18 Å². The molecule has 2 bridgehead atoms. The van der Waals surface area contributed by atoms with Crippen molar-refractivity contribution >= 4 is 11.7 Å². The smallest absolute Gasteiger partial charge is 0.323 e. The first-order valence-corrected chi connectivity index (χ1v) is 11.5. The van der Waals surface area contributed by atoms with Gasteiger partial charge in [-0.15, -0.1) is 10.2 Å². The minimum atomic E-state index is -0.542. The fraction of sp³-hybridized carbons (Fsp3) is 0.458. The van der Waals surface area contributed by atoms with E-state index >= 15 is 0 Å². The van der Waals surface area contributed by atoms with Crippen molar-refractivity contribution in [3.8, 4) is 11.4 Å². The van der Waals surface area contributed by atoms with E-state index in [1.807, 2.05) is 30.0 Å². The van der Waals surface area contributed by atoms with E-state index < -0.39 is 11.4 Å². The van der Waals surface area contributed by atoms with Gasteiger partial charge in [0, 0.05) is 29.6 Å². The monoisotopic (exact) mass is 448 g/mol. The summed E-state index contributed by atoms with van der Waals surface area (Å²) >= 11 is 0. The van der Waals surface area contributed by atoms with Crippen LogP contribution in [-0.4, -0.2) is 37.1 Å². The Morgan fingerprint density at radius 3 is 2.76 bits per heavy atom. The Labute approximate surface area is 190 Å². The Morgan fingerprint density at radius 1 is 1.21 bits per heavy atom. The minimum Gasteiger partial charge on any atom is -0.422 e. The molecule has 2 aliphatic heterocycles. The van der Waals surface area contributed by atoms with Crippen LogP contribution in [0.25, 0.3) is 11.4 Å². The molecule has 0 radical (unpaired) electrons. The van der Waals surface area contributed by atoms with Gasteiger partial charge in [0.25, 0.3) is 0 Å². The number of nitrogens with one attached hydrogen (secondary N) is 1. The number of benzene rings is 1. The molecule has 1 N–H and O–H groups in total. The van der Waals surface area contributed by atoms with Gasteiger partial charge in [-0.3, -0.25) is 0 Å². The third kappa shape index (κ3) is 3.37. The lowest BCUT2D eigenvalue weighted by molar-refractivity contribution is -0.110. The van der Waals surface area contributed by atoms with Crippen LogP contribution < -0.4 is 5.32 Å². The van der Waals surface area contributed by atoms with E-state index in [4.69, 9.17) is 4.42 Å². The highest BCUT2D eigenvalue weighted by molar-refractivity contribution is 5.91. The van der Waals surface area contributed by atoms with Crippen molar-refractivity contribution in [1.29, 1.82) is 0 Å². The molecule has 1 saturated carbocycles. The minimum absolute atomic E-state index is 0.148. The summed E-state index contributed by atoms with van der Waals surface area (Å²) in [5.41, 5.74) is 1.76. The molecule has 3 aliphatic rings. The van der Waals surface area contributed by atoms with Crippen molar-refractivity contribution in [2.75, 3.05) is 5.32 Å². The molecule has 0 unspecified atom stereocenters. The SMILES string of the molecule is Cc1ccc(NC(=O)N2[C@H]3C[C@H](C)C[C@]2(c2nnc(C4CC4)o2)C3)cc1-c1ncc(F)cn1. The average Bonchev–Trinajstić information content (AvgIpc) is 3.51. The van der Waals surface area contributed by atoms with Gasteiger partial charge in [0.15, 0.2) is 11.6 Å². The van der Waals surface area contributed by atoms with Crippen molar-refractivity contribution in [1.82, 2.24) is 25.1 Å². The number of carbonyl (C=O) groups excluding carboxylic acids is 1. The fourth-order valence-corrected chi connectivity index (χ4v) is 5.44. The van der Waals surface area contributed by atoms with E-state index in [2.05, 4.69) is 32.4 Å². The van der Waals surface area contributed by atoms with Crippen molar-refractivity contribution in [3.63, 3.8) is 0 Å². The number of rotatable bonds is 4. The van der Waals surface area contributed by atoms with Crippen LogP contribution in [0.15, 0.2) is 35.0 Å². The summed E-state index contributed by atoms with van der Waals surface area (Å²) in [6.07, 6.45) is 7.07. The molecule has 2 saturated heterocycles. The van der Waals surface area contributed by atoms with Crippen molar-refractivity contribution in [2.45, 2.75) is 63.5 Å². The Balaban J connectivity index is 1.27. The molecular formula is C24H25FN6O2. The van der Waals surface area contributed by atoms with Gasteiger partial charge in [-0.05, 0) is 56.2 Å². The number of piperidine rings is 1. The molecule has 3 fully saturated rings. The number of fused-ring (bicyclic) bond motifs is 2. The lowest BCUT2D eigenvalue weighted by atomic mass is 9.64. The Bertz CT molecular complexity index is 1220. The van der Waals surface area contributed by atoms with E-state index in [1.165, 1.54) is 0 Å². The number of anilines is 1. The molecular weight excluding hydrogens is 423 g/mol. The molecule has 2 amide bonds. The maximum absolute atomic E-state index is 13.5. The molecule has 2 aromatic heterocycles. The fourth-order valence-electron chi connectivity index (χ4n) is 5.44. The van der Waals surface area contributed by atoms with Crippen LogP contribution in [0.4, 0.5) is 14.9 Å². The van der Waals surface area contributed by atoms with Crippen LogP contribution in [0.1, 0.15) is 62.3 Å². The first-order valence-electron chi connectivity index (χ1n) is 11.5. The van der Waals surface area contributed by atoms with Crippen LogP contribution in [-0.2, 0) is 5.54 Å². The normalized spacial score (nSPS) is 26.1. The largest absolute Gasteiger partial charge is 0.422 e. The summed E-state index contributed by atoms with van der Waals surface area (Å²) in [6.45, 7) is 4.14. The maximum Gasteiger partial charge on any atom is 0.323 e. The molecule has 1 aromatic carbocycles. The van der Waals surface area contributed by atoms with Gasteiger partial charge in [-0.25, -0.2) is 19.2 Å². The first-order chi connectivity index (χ1) is 15.9. The molecule has 6 rings (SSSR count). The summed E-state index contributed by atoms with van der Waals surface area (Å²) in [5, 5.41) is 11.7.